The average Bonchev–Trinajstić information content (AvgIpc) is 2.67. The first kappa shape index (κ1) is 14.3. The highest BCUT2D eigenvalue weighted by Crippen LogP contribution is 2.30. The lowest BCUT2D eigenvalue weighted by Crippen LogP contribution is -2.26. The molecule has 1 aromatic rings. The van der Waals surface area contributed by atoms with Crippen molar-refractivity contribution in [2.75, 3.05) is 18.0 Å². The summed E-state index contributed by atoms with van der Waals surface area (Å²) in [5.74, 6) is 1.26. The Kier molecular flexibility index (Phi) is 4.46. The van der Waals surface area contributed by atoms with Crippen LogP contribution in [0, 0.1) is 17.7 Å². The summed E-state index contributed by atoms with van der Waals surface area (Å²) in [5, 5.41) is 3.38. The van der Waals surface area contributed by atoms with Crippen LogP contribution in [0.25, 0.3) is 0 Å². The fourth-order valence-corrected chi connectivity index (χ4v) is 2.64. The SMILES string of the molecule is CC(C)NCc1cc(F)ccc1N1CC(C)C(C)C1. The highest BCUT2D eigenvalue weighted by Gasteiger charge is 2.27. The molecule has 1 aliphatic heterocycles. The predicted octanol–water partition coefficient (Wildman–Crippen LogP) is 3.42. The van der Waals surface area contributed by atoms with Crippen LogP contribution in [0.3, 0.4) is 0 Å². The summed E-state index contributed by atoms with van der Waals surface area (Å²) in [5.41, 5.74) is 2.25. The van der Waals surface area contributed by atoms with E-state index in [1.165, 1.54) is 5.69 Å². The summed E-state index contributed by atoms with van der Waals surface area (Å²) < 4.78 is 13.5. The van der Waals surface area contributed by atoms with Gasteiger partial charge in [0.1, 0.15) is 5.82 Å². The molecule has 0 aromatic heterocycles. The Morgan fingerprint density at radius 2 is 1.89 bits per heavy atom. The second kappa shape index (κ2) is 5.91. The second-order valence-electron chi connectivity index (χ2n) is 6.17. The minimum absolute atomic E-state index is 0.149. The summed E-state index contributed by atoms with van der Waals surface area (Å²) in [4.78, 5) is 2.39. The topological polar surface area (TPSA) is 15.3 Å². The molecule has 1 heterocycles. The lowest BCUT2D eigenvalue weighted by Gasteiger charge is -2.23. The summed E-state index contributed by atoms with van der Waals surface area (Å²) in [6.07, 6.45) is 0. The number of nitrogens with zero attached hydrogens (tertiary/aromatic N) is 1. The molecule has 106 valence electrons. The standard InChI is InChI=1S/C16H25FN2/c1-11(2)18-8-14-7-15(17)5-6-16(14)19-9-12(3)13(4)10-19/h5-7,11-13,18H,8-10H2,1-4H3. The van der Waals surface area contributed by atoms with E-state index < -0.39 is 0 Å². The van der Waals surface area contributed by atoms with Crippen molar-refractivity contribution in [1.82, 2.24) is 5.32 Å². The van der Waals surface area contributed by atoms with Crippen molar-refractivity contribution in [1.29, 1.82) is 0 Å². The molecule has 2 unspecified atom stereocenters. The maximum Gasteiger partial charge on any atom is 0.123 e. The molecule has 0 saturated carbocycles. The first-order chi connectivity index (χ1) is 8.97. The van der Waals surface area contributed by atoms with Gasteiger partial charge < -0.3 is 10.2 Å². The lowest BCUT2D eigenvalue weighted by molar-refractivity contribution is 0.494. The van der Waals surface area contributed by atoms with E-state index in [0.29, 0.717) is 17.9 Å². The normalized spacial score (nSPS) is 23.4. The van der Waals surface area contributed by atoms with Crippen molar-refractivity contribution in [2.24, 2.45) is 11.8 Å². The molecule has 2 atom stereocenters. The second-order valence-corrected chi connectivity index (χ2v) is 6.17. The van der Waals surface area contributed by atoms with E-state index in [1.807, 2.05) is 6.07 Å². The number of anilines is 1. The van der Waals surface area contributed by atoms with Gasteiger partial charge in [-0.15, -0.1) is 0 Å². The van der Waals surface area contributed by atoms with Crippen LogP contribution in [0.1, 0.15) is 33.3 Å². The monoisotopic (exact) mass is 264 g/mol. The van der Waals surface area contributed by atoms with E-state index in [2.05, 4.69) is 37.9 Å². The molecular weight excluding hydrogens is 239 g/mol. The number of halogens is 1. The van der Waals surface area contributed by atoms with Crippen LogP contribution < -0.4 is 10.2 Å². The zero-order valence-electron chi connectivity index (χ0n) is 12.4. The highest BCUT2D eigenvalue weighted by atomic mass is 19.1. The van der Waals surface area contributed by atoms with Gasteiger partial charge in [-0.25, -0.2) is 4.39 Å². The predicted molar refractivity (Wildman–Crippen MR) is 78.9 cm³/mol. The summed E-state index contributed by atoms with van der Waals surface area (Å²) in [6.45, 7) is 11.7. The van der Waals surface area contributed by atoms with E-state index >= 15 is 0 Å². The Balaban J connectivity index is 2.19. The van der Waals surface area contributed by atoms with Crippen molar-refractivity contribution >= 4 is 5.69 Å². The molecule has 0 spiro atoms. The fourth-order valence-electron chi connectivity index (χ4n) is 2.64. The number of rotatable bonds is 4. The molecule has 1 fully saturated rings. The number of hydrogen-bond acceptors (Lipinski definition) is 2. The maximum absolute atomic E-state index is 13.5. The Labute approximate surface area is 116 Å². The third kappa shape index (κ3) is 3.47. The molecule has 0 amide bonds. The zero-order valence-corrected chi connectivity index (χ0v) is 12.4. The maximum atomic E-state index is 13.5. The first-order valence-corrected chi connectivity index (χ1v) is 7.24. The van der Waals surface area contributed by atoms with Gasteiger partial charge in [-0.1, -0.05) is 27.7 Å². The third-order valence-corrected chi connectivity index (χ3v) is 4.07. The summed E-state index contributed by atoms with van der Waals surface area (Å²) in [7, 11) is 0. The van der Waals surface area contributed by atoms with E-state index in [-0.39, 0.29) is 5.82 Å². The van der Waals surface area contributed by atoms with Gasteiger partial charge in [-0.3, -0.25) is 0 Å². The molecule has 1 aliphatic rings. The van der Waals surface area contributed by atoms with Gasteiger partial charge in [0.25, 0.3) is 0 Å². The quantitative estimate of drug-likeness (QED) is 0.896. The zero-order chi connectivity index (χ0) is 14.0. The highest BCUT2D eigenvalue weighted by molar-refractivity contribution is 5.54. The minimum Gasteiger partial charge on any atom is -0.371 e. The smallest absolute Gasteiger partial charge is 0.123 e. The Hall–Kier alpha value is -1.09. The lowest BCUT2D eigenvalue weighted by atomic mass is 10.0. The minimum atomic E-state index is -0.149. The number of hydrogen-bond donors (Lipinski definition) is 1. The molecule has 0 radical (unpaired) electrons. The van der Waals surface area contributed by atoms with E-state index in [9.17, 15) is 4.39 Å². The van der Waals surface area contributed by atoms with Crippen LogP contribution >= 0.6 is 0 Å². The van der Waals surface area contributed by atoms with Gasteiger partial charge in [0.05, 0.1) is 0 Å². The van der Waals surface area contributed by atoms with E-state index in [1.54, 1.807) is 12.1 Å². The van der Waals surface area contributed by atoms with Crippen LogP contribution in [-0.4, -0.2) is 19.1 Å². The van der Waals surface area contributed by atoms with Crippen LogP contribution in [0.15, 0.2) is 18.2 Å². The average molecular weight is 264 g/mol. The molecule has 0 bridgehead atoms. The van der Waals surface area contributed by atoms with Crippen molar-refractivity contribution < 1.29 is 4.39 Å². The molecule has 1 N–H and O–H groups in total. The van der Waals surface area contributed by atoms with Gasteiger partial charge in [-0.05, 0) is 35.6 Å². The molecule has 3 heteroatoms. The van der Waals surface area contributed by atoms with Gasteiger partial charge in [0.15, 0.2) is 0 Å². The molecule has 1 aromatic carbocycles. The van der Waals surface area contributed by atoms with Crippen LogP contribution in [-0.2, 0) is 6.54 Å². The van der Waals surface area contributed by atoms with Crippen LogP contribution in [0.5, 0.6) is 0 Å². The van der Waals surface area contributed by atoms with Gasteiger partial charge >= 0.3 is 0 Å². The molecule has 2 nitrogen and oxygen atoms in total. The Bertz CT molecular complexity index is 421. The van der Waals surface area contributed by atoms with Crippen molar-refractivity contribution in [3.05, 3.63) is 29.6 Å². The van der Waals surface area contributed by atoms with Crippen molar-refractivity contribution in [3.63, 3.8) is 0 Å². The first-order valence-electron chi connectivity index (χ1n) is 7.24. The Morgan fingerprint density at radius 3 is 2.47 bits per heavy atom. The third-order valence-electron chi connectivity index (χ3n) is 4.07. The van der Waals surface area contributed by atoms with Crippen LogP contribution in [0.2, 0.25) is 0 Å². The van der Waals surface area contributed by atoms with Crippen molar-refractivity contribution in [2.45, 2.75) is 40.3 Å². The Morgan fingerprint density at radius 1 is 1.26 bits per heavy atom. The summed E-state index contributed by atoms with van der Waals surface area (Å²) >= 11 is 0. The van der Waals surface area contributed by atoms with E-state index in [0.717, 1.165) is 25.2 Å². The van der Waals surface area contributed by atoms with E-state index in [4.69, 9.17) is 0 Å². The molecular formula is C16H25FN2. The molecule has 1 saturated heterocycles. The molecule has 0 aliphatic carbocycles. The molecule has 2 rings (SSSR count). The summed E-state index contributed by atoms with van der Waals surface area (Å²) in [6, 6.07) is 5.57. The van der Waals surface area contributed by atoms with Crippen molar-refractivity contribution in [3.8, 4) is 0 Å². The van der Waals surface area contributed by atoms with Gasteiger partial charge in [-0.2, -0.15) is 0 Å². The number of nitrogens with one attached hydrogen (secondary N) is 1. The number of benzene rings is 1. The molecule has 19 heavy (non-hydrogen) atoms. The largest absolute Gasteiger partial charge is 0.371 e. The van der Waals surface area contributed by atoms with Crippen LogP contribution in [0.4, 0.5) is 10.1 Å². The fraction of sp³-hybridized carbons (Fsp3) is 0.625. The van der Waals surface area contributed by atoms with Gasteiger partial charge in [0.2, 0.25) is 0 Å². The van der Waals surface area contributed by atoms with Gasteiger partial charge in [0, 0.05) is 31.4 Å².